The molecule has 1 aromatic carbocycles. The lowest BCUT2D eigenvalue weighted by atomic mass is 10.1. The van der Waals surface area contributed by atoms with Gasteiger partial charge in [0.2, 0.25) is 5.88 Å². The van der Waals surface area contributed by atoms with Crippen LogP contribution in [0, 0.1) is 11.6 Å². The number of amides is 1. The highest BCUT2D eigenvalue weighted by atomic mass is 19.1. The second-order valence-corrected chi connectivity index (χ2v) is 4.95. The van der Waals surface area contributed by atoms with Crippen LogP contribution in [0.15, 0.2) is 36.5 Å². The SMILES string of the molecule is CCCCOc1ncccc1CNC(=O)c1c(F)cccc1F. The highest BCUT2D eigenvalue weighted by Gasteiger charge is 2.17. The maximum absolute atomic E-state index is 13.6. The lowest BCUT2D eigenvalue weighted by molar-refractivity contribution is 0.0942. The highest BCUT2D eigenvalue weighted by molar-refractivity contribution is 5.94. The summed E-state index contributed by atoms with van der Waals surface area (Å²) in [4.78, 5) is 16.1. The first-order valence-corrected chi connectivity index (χ1v) is 7.42. The van der Waals surface area contributed by atoms with Crippen molar-refractivity contribution in [1.82, 2.24) is 10.3 Å². The number of halogens is 2. The fraction of sp³-hybridized carbons (Fsp3) is 0.294. The summed E-state index contributed by atoms with van der Waals surface area (Å²) in [6.45, 7) is 2.64. The van der Waals surface area contributed by atoms with Crippen molar-refractivity contribution in [3.63, 3.8) is 0 Å². The average Bonchev–Trinajstić information content (AvgIpc) is 2.54. The molecular formula is C17H18F2N2O2. The van der Waals surface area contributed by atoms with E-state index in [1.807, 2.05) is 6.92 Å². The second-order valence-electron chi connectivity index (χ2n) is 4.95. The summed E-state index contributed by atoms with van der Waals surface area (Å²) in [6, 6.07) is 6.75. The number of pyridine rings is 1. The van der Waals surface area contributed by atoms with Crippen molar-refractivity contribution < 1.29 is 18.3 Å². The van der Waals surface area contributed by atoms with E-state index in [0.29, 0.717) is 18.1 Å². The Bertz CT molecular complexity index is 657. The van der Waals surface area contributed by atoms with Crippen LogP contribution in [-0.4, -0.2) is 17.5 Å². The van der Waals surface area contributed by atoms with E-state index in [2.05, 4.69) is 10.3 Å². The maximum atomic E-state index is 13.6. The number of unbranched alkanes of at least 4 members (excludes halogenated alkanes) is 1. The van der Waals surface area contributed by atoms with Crippen molar-refractivity contribution in [1.29, 1.82) is 0 Å². The Hall–Kier alpha value is -2.50. The molecule has 0 bridgehead atoms. The number of carbonyl (C=O) groups is 1. The monoisotopic (exact) mass is 320 g/mol. The quantitative estimate of drug-likeness (QED) is 0.795. The number of aromatic nitrogens is 1. The molecule has 1 amide bonds. The molecule has 0 fully saturated rings. The van der Waals surface area contributed by atoms with Gasteiger partial charge in [-0.05, 0) is 24.6 Å². The number of nitrogens with zero attached hydrogens (tertiary/aromatic N) is 1. The fourth-order valence-electron chi connectivity index (χ4n) is 1.98. The maximum Gasteiger partial charge on any atom is 0.257 e. The van der Waals surface area contributed by atoms with Crippen LogP contribution in [0.4, 0.5) is 8.78 Å². The minimum atomic E-state index is -0.895. The van der Waals surface area contributed by atoms with E-state index in [9.17, 15) is 13.6 Å². The van der Waals surface area contributed by atoms with Crippen LogP contribution < -0.4 is 10.1 Å². The smallest absolute Gasteiger partial charge is 0.257 e. The van der Waals surface area contributed by atoms with Crippen LogP contribution in [0.2, 0.25) is 0 Å². The standard InChI is InChI=1S/C17H18F2N2O2/c1-2-3-10-23-17-12(6-5-9-20-17)11-21-16(22)15-13(18)7-4-8-14(15)19/h4-9H,2-3,10-11H2,1H3,(H,21,22). The third-order valence-corrected chi connectivity index (χ3v) is 3.22. The molecule has 2 aromatic rings. The first kappa shape index (κ1) is 16.9. The Morgan fingerprint density at radius 1 is 1.22 bits per heavy atom. The summed E-state index contributed by atoms with van der Waals surface area (Å²) in [5, 5.41) is 2.49. The number of carbonyl (C=O) groups excluding carboxylic acids is 1. The van der Waals surface area contributed by atoms with Gasteiger partial charge in [-0.15, -0.1) is 0 Å². The zero-order valence-electron chi connectivity index (χ0n) is 12.8. The predicted molar refractivity (Wildman–Crippen MR) is 82.2 cm³/mol. The van der Waals surface area contributed by atoms with Gasteiger partial charge in [0.25, 0.3) is 5.91 Å². The molecule has 0 aliphatic heterocycles. The number of benzene rings is 1. The summed E-state index contributed by atoms with van der Waals surface area (Å²) < 4.78 is 32.7. The van der Waals surface area contributed by atoms with Gasteiger partial charge in [-0.1, -0.05) is 25.5 Å². The molecule has 1 N–H and O–H groups in total. The van der Waals surface area contributed by atoms with E-state index in [0.717, 1.165) is 25.0 Å². The zero-order chi connectivity index (χ0) is 16.7. The van der Waals surface area contributed by atoms with Gasteiger partial charge in [-0.2, -0.15) is 0 Å². The molecule has 0 radical (unpaired) electrons. The van der Waals surface area contributed by atoms with Crippen LogP contribution in [-0.2, 0) is 6.54 Å². The van der Waals surface area contributed by atoms with Gasteiger partial charge < -0.3 is 10.1 Å². The average molecular weight is 320 g/mol. The minimum Gasteiger partial charge on any atom is -0.477 e. The van der Waals surface area contributed by atoms with E-state index in [4.69, 9.17) is 4.74 Å². The van der Waals surface area contributed by atoms with Gasteiger partial charge in [-0.3, -0.25) is 4.79 Å². The normalized spacial score (nSPS) is 10.4. The van der Waals surface area contributed by atoms with E-state index in [-0.39, 0.29) is 6.54 Å². The first-order chi connectivity index (χ1) is 11.1. The Kier molecular flexibility index (Phi) is 6.02. The van der Waals surface area contributed by atoms with Gasteiger partial charge in [-0.25, -0.2) is 13.8 Å². The zero-order valence-corrected chi connectivity index (χ0v) is 12.8. The molecule has 0 spiro atoms. The molecule has 0 aliphatic carbocycles. The van der Waals surface area contributed by atoms with Crippen LogP contribution in [0.3, 0.4) is 0 Å². The molecule has 0 saturated carbocycles. The van der Waals surface area contributed by atoms with Gasteiger partial charge in [0.05, 0.1) is 6.61 Å². The molecule has 0 atom stereocenters. The van der Waals surface area contributed by atoms with Crippen LogP contribution in [0.1, 0.15) is 35.7 Å². The largest absolute Gasteiger partial charge is 0.477 e. The van der Waals surface area contributed by atoms with Gasteiger partial charge in [0, 0.05) is 18.3 Å². The minimum absolute atomic E-state index is 0.0713. The van der Waals surface area contributed by atoms with E-state index in [1.165, 1.54) is 6.07 Å². The molecule has 2 rings (SSSR count). The molecule has 0 aliphatic rings. The van der Waals surface area contributed by atoms with Crippen LogP contribution in [0.25, 0.3) is 0 Å². The Balaban J connectivity index is 2.04. The lowest BCUT2D eigenvalue weighted by Gasteiger charge is -2.11. The molecule has 0 saturated heterocycles. The molecule has 23 heavy (non-hydrogen) atoms. The predicted octanol–water partition coefficient (Wildman–Crippen LogP) is 3.47. The summed E-state index contributed by atoms with van der Waals surface area (Å²) in [5.74, 6) is -2.19. The highest BCUT2D eigenvalue weighted by Crippen LogP contribution is 2.16. The molecule has 4 nitrogen and oxygen atoms in total. The summed E-state index contributed by atoms with van der Waals surface area (Å²) in [5.41, 5.74) is 0.0542. The second kappa shape index (κ2) is 8.22. The van der Waals surface area contributed by atoms with Gasteiger partial charge in [0.15, 0.2) is 0 Å². The Morgan fingerprint density at radius 2 is 1.96 bits per heavy atom. The third kappa shape index (κ3) is 4.48. The summed E-state index contributed by atoms with van der Waals surface area (Å²) in [7, 11) is 0. The van der Waals surface area contributed by atoms with Gasteiger partial charge in [0.1, 0.15) is 17.2 Å². The van der Waals surface area contributed by atoms with Gasteiger partial charge >= 0.3 is 0 Å². The van der Waals surface area contributed by atoms with Crippen molar-refractivity contribution in [3.8, 4) is 5.88 Å². The number of hydrogen-bond acceptors (Lipinski definition) is 3. The van der Waals surface area contributed by atoms with E-state index >= 15 is 0 Å². The molecule has 122 valence electrons. The topological polar surface area (TPSA) is 51.2 Å². The van der Waals surface area contributed by atoms with Crippen molar-refractivity contribution in [2.24, 2.45) is 0 Å². The fourth-order valence-corrected chi connectivity index (χ4v) is 1.98. The Labute approximate surface area is 133 Å². The van der Waals surface area contributed by atoms with Crippen molar-refractivity contribution >= 4 is 5.91 Å². The van der Waals surface area contributed by atoms with Crippen molar-refractivity contribution in [2.75, 3.05) is 6.61 Å². The summed E-state index contributed by atoms with van der Waals surface area (Å²) >= 11 is 0. The summed E-state index contributed by atoms with van der Waals surface area (Å²) in [6.07, 6.45) is 3.47. The number of hydrogen-bond donors (Lipinski definition) is 1. The number of rotatable bonds is 7. The van der Waals surface area contributed by atoms with E-state index in [1.54, 1.807) is 18.3 Å². The molecule has 0 unspecified atom stereocenters. The van der Waals surface area contributed by atoms with Crippen LogP contribution in [0.5, 0.6) is 5.88 Å². The molecule has 1 heterocycles. The number of ether oxygens (including phenoxy) is 1. The van der Waals surface area contributed by atoms with E-state index < -0.39 is 23.1 Å². The first-order valence-electron chi connectivity index (χ1n) is 7.42. The van der Waals surface area contributed by atoms with Crippen LogP contribution >= 0.6 is 0 Å². The third-order valence-electron chi connectivity index (χ3n) is 3.22. The van der Waals surface area contributed by atoms with Crippen molar-refractivity contribution in [3.05, 3.63) is 59.3 Å². The number of nitrogens with one attached hydrogen (secondary N) is 1. The Morgan fingerprint density at radius 3 is 2.65 bits per heavy atom. The lowest BCUT2D eigenvalue weighted by Crippen LogP contribution is -2.25. The molecule has 1 aromatic heterocycles. The van der Waals surface area contributed by atoms with Crippen molar-refractivity contribution in [2.45, 2.75) is 26.3 Å². The molecule has 6 heteroatoms. The molecular weight excluding hydrogens is 302 g/mol.